The molecule has 2 atom stereocenters. The molecular weight excluding hydrogens is 196 g/mol. The zero-order valence-electron chi connectivity index (χ0n) is 10.8. The fraction of sp³-hybridized carbons (Fsp3) is 1.00. The molecule has 0 saturated heterocycles. The monoisotopic (exact) mass is 224 g/mol. The van der Waals surface area contributed by atoms with Crippen molar-refractivity contribution in [1.29, 1.82) is 0 Å². The molecule has 2 nitrogen and oxygen atoms in total. The molecule has 0 spiro atoms. The van der Waals surface area contributed by atoms with Crippen LogP contribution in [0.25, 0.3) is 0 Å². The summed E-state index contributed by atoms with van der Waals surface area (Å²) in [4.78, 5) is 0. The topological polar surface area (TPSA) is 38.0 Å². The molecule has 0 aromatic rings. The van der Waals surface area contributed by atoms with Crippen molar-refractivity contribution in [3.63, 3.8) is 0 Å². The van der Waals surface area contributed by atoms with E-state index in [1.54, 1.807) is 0 Å². The lowest BCUT2D eigenvalue weighted by Gasteiger charge is -2.27. The second-order valence-electron chi connectivity index (χ2n) is 6.26. The molecule has 16 heavy (non-hydrogen) atoms. The Labute approximate surface area is 100 Å². The van der Waals surface area contributed by atoms with Crippen molar-refractivity contribution in [3.8, 4) is 0 Å². The lowest BCUT2D eigenvalue weighted by molar-refractivity contribution is 0.355. The highest BCUT2D eigenvalue weighted by atomic mass is 15.0. The number of hydrogen-bond donors (Lipinski definition) is 2. The Balaban J connectivity index is 1.72. The summed E-state index contributed by atoms with van der Waals surface area (Å²) in [6, 6.07) is 0.742. The molecule has 2 heteroatoms. The Morgan fingerprint density at radius 3 is 2.56 bits per heavy atom. The van der Waals surface area contributed by atoms with Gasteiger partial charge in [-0.1, -0.05) is 32.6 Å². The zero-order chi connectivity index (χ0) is 11.4. The van der Waals surface area contributed by atoms with Gasteiger partial charge in [0.15, 0.2) is 0 Å². The summed E-state index contributed by atoms with van der Waals surface area (Å²) >= 11 is 0. The number of hydrogen-bond acceptors (Lipinski definition) is 2. The van der Waals surface area contributed by atoms with Crippen molar-refractivity contribution >= 4 is 0 Å². The van der Waals surface area contributed by atoms with Gasteiger partial charge in [-0.15, -0.1) is 0 Å². The molecule has 2 fully saturated rings. The first-order chi connectivity index (χ1) is 7.68. The minimum absolute atomic E-state index is 0.123. The summed E-state index contributed by atoms with van der Waals surface area (Å²) in [7, 11) is 0. The second-order valence-corrected chi connectivity index (χ2v) is 6.26. The molecule has 0 heterocycles. The number of rotatable bonds is 3. The van der Waals surface area contributed by atoms with Gasteiger partial charge in [0.1, 0.15) is 0 Å². The first kappa shape index (κ1) is 12.4. The predicted octanol–water partition coefficient (Wildman–Crippen LogP) is 2.82. The summed E-state index contributed by atoms with van der Waals surface area (Å²) in [5, 5.41) is 3.74. The molecule has 2 aliphatic carbocycles. The number of nitrogens with one attached hydrogen (secondary N) is 1. The normalized spacial score (nSPS) is 34.9. The maximum Gasteiger partial charge on any atom is 0.0280 e. The molecule has 2 rings (SSSR count). The van der Waals surface area contributed by atoms with Crippen molar-refractivity contribution in [1.82, 2.24) is 5.32 Å². The van der Waals surface area contributed by atoms with E-state index in [1.165, 1.54) is 57.8 Å². The van der Waals surface area contributed by atoms with E-state index in [-0.39, 0.29) is 5.54 Å². The average molecular weight is 224 g/mol. The third-order valence-corrected chi connectivity index (χ3v) is 4.60. The first-order valence-corrected chi connectivity index (χ1v) is 7.20. The predicted molar refractivity (Wildman–Crippen MR) is 69.4 cm³/mol. The SMILES string of the molecule is CC1CCCC(NCC2(N)CCCC2)CC1. The van der Waals surface area contributed by atoms with Crippen LogP contribution in [-0.2, 0) is 0 Å². The van der Waals surface area contributed by atoms with Crippen molar-refractivity contribution in [3.05, 3.63) is 0 Å². The molecule has 0 aromatic heterocycles. The van der Waals surface area contributed by atoms with Crippen molar-refractivity contribution < 1.29 is 0 Å². The van der Waals surface area contributed by atoms with Crippen LogP contribution in [0.2, 0.25) is 0 Å². The highest BCUT2D eigenvalue weighted by Crippen LogP contribution is 2.27. The summed E-state index contributed by atoms with van der Waals surface area (Å²) in [5.41, 5.74) is 6.50. The van der Waals surface area contributed by atoms with E-state index < -0.39 is 0 Å². The van der Waals surface area contributed by atoms with Crippen LogP contribution >= 0.6 is 0 Å². The van der Waals surface area contributed by atoms with Gasteiger partial charge in [0.05, 0.1) is 0 Å². The van der Waals surface area contributed by atoms with Crippen LogP contribution in [-0.4, -0.2) is 18.1 Å². The Morgan fingerprint density at radius 1 is 1.06 bits per heavy atom. The molecule has 3 N–H and O–H groups in total. The van der Waals surface area contributed by atoms with E-state index in [9.17, 15) is 0 Å². The highest BCUT2D eigenvalue weighted by Gasteiger charge is 2.29. The molecular formula is C14H28N2. The minimum Gasteiger partial charge on any atom is -0.324 e. The van der Waals surface area contributed by atoms with Gasteiger partial charge in [0.2, 0.25) is 0 Å². The van der Waals surface area contributed by atoms with Gasteiger partial charge in [0.25, 0.3) is 0 Å². The third kappa shape index (κ3) is 3.46. The van der Waals surface area contributed by atoms with Crippen molar-refractivity contribution in [2.75, 3.05) is 6.54 Å². The molecule has 2 unspecified atom stereocenters. The van der Waals surface area contributed by atoms with E-state index in [1.807, 2.05) is 0 Å². The van der Waals surface area contributed by atoms with Crippen LogP contribution in [0.1, 0.15) is 64.7 Å². The Hall–Kier alpha value is -0.0800. The zero-order valence-corrected chi connectivity index (χ0v) is 10.8. The third-order valence-electron chi connectivity index (χ3n) is 4.60. The van der Waals surface area contributed by atoms with Crippen LogP contribution in [0.15, 0.2) is 0 Å². The van der Waals surface area contributed by atoms with Crippen LogP contribution in [0.4, 0.5) is 0 Å². The maximum atomic E-state index is 6.38. The summed E-state index contributed by atoms with van der Waals surface area (Å²) < 4.78 is 0. The molecule has 2 aliphatic rings. The fourth-order valence-electron chi connectivity index (χ4n) is 3.29. The summed E-state index contributed by atoms with van der Waals surface area (Å²) in [5.74, 6) is 0.935. The first-order valence-electron chi connectivity index (χ1n) is 7.20. The quantitative estimate of drug-likeness (QED) is 0.723. The van der Waals surface area contributed by atoms with E-state index in [0.717, 1.165) is 18.5 Å². The Morgan fingerprint density at radius 2 is 1.81 bits per heavy atom. The number of nitrogens with two attached hydrogens (primary N) is 1. The van der Waals surface area contributed by atoms with E-state index >= 15 is 0 Å². The van der Waals surface area contributed by atoms with Crippen LogP contribution in [0.5, 0.6) is 0 Å². The second kappa shape index (κ2) is 5.50. The van der Waals surface area contributed by atoms with Crippen LogP contribution in [0.3, 0.4) is 0 Å². The summed E-state index contributed by atoms with van der Waals surface area (Å²) in [6.45, 7) is 3.44. The Kier molecular flexibility index (Phi) is 4.26. The van der Waals surface area contributed by atoms with Crippen LogP contribution in [0, 0.1) is 5.92 Å². The standard InChI is InChI=1S/C14H28N2/c1-12-5-4-6-13(8-7-12)16-11-14(15)9-2-3-10-14/h12-13,16H,2-11,15H2,1H3. The van der Waals surface area contributed by atoms with Gasteiger partial charge in [-0.3, -0.25) is 0 Å². The van der Waals surface area contributed by atoms with Gasteiger partial charge >= 0.3 is 0 Å². The van der Waals surface area contributed by atoms with Crippen molar-refractivity contribution in [2.24, 2.45) is 11.7 Å². The molecule has 0 aromatic carbocycles. The molecule has 0 radical (unpaired) electrons. The van der Waals surface area contributed by atoms with Crippen molar-refractivity contribution in [2.45, 2.75) is 76.3 Å². The summed E-state index contributed by atoms with van der Waals surface area (Å²) in [6.07, 6.45) is 12.1. The lowest BCUT2D eigenvalue weighted by atomic mass is 9.98. The van der Waals surface area contributed by atoms with E-state index in [4.69, 9.17) is 5.73 Å². The average Bonchev–Trinajstić information content (AvgIpc) is 2.58. The maximum absolute atomic E-state index is 6.38. The van der Waals surface area contributed by atoms with Gasteiger partial charge in [-0.05, 0) is 38.0 Å². The van der Waals surface area contributed by atoms with Crippen LogP contribution < -0.4 is 11.1 Å². The highest BCUT2D eigenvalue weighted by molar-refractivity contribution is 4.92. The minimum atomic E-state index is 0.123. The fourth-order valence-corrected chi connectivity index (χ4v) is 3.29. The van der Waals surface area contributed by atoms with Gasteiger partial charge in [-0.2, -0.15) is 0 Å². The molecule has 0 aliphatic heterocycles. The van der Waals surface area contributed by atoms with Gasteiger partial charge in [0, 0.05) is 18.1 Å². The molecule has 94 valence electrons. The van der Waals surface area contributed by atoms with Gasteiger partial charge in [-0.25, -0.2) is 0 Å². The smallest absolute Gasteiger partial charge is 0.0280 e. The van der Waals surface area contributed by atoms with E-state index in [2.05, 4.69) is 12.2 Å². The largest absolute Gasteiger partial charge is 0.324 e. The van der Waals surface area contributed by atoms with Gasteiger partial charge < -0.3 is 11.1 Å². The Bertz CT molecular complexity index is 209. The molecule has 2 saturated carbocycles. The lowest BCUT2D eigenvalue weighted by Crippen LogP contribution is -2.49. The van der Waals surface area contributed by atoms with E-state index in [0.29, 0.717) is 0 Å². The molecule has 0 bridgehead atoms. The molecule has 0 amide bonds.